The van der Waals surface area contributed by atoms with Crippen molar-refractivity contribution in [2.24, 2.45) is 0 Å². The van der Waals surface area contributed by atoms with Crippen molar-refractivity contribution in [3.05, 3.63) is 41.2 Å². The Balaban J connectivity index is 2.04. The summed E-state index contributed by atoms with van der Waals surface area (Å²) in [4.78, 5) is 4.25. The van der Waals surface area contributed by atoms with Crippen molar-refractivity contribution in [1.29, 1.82) is 0 Å². The maximum absolute atomic E-state index is 5.88. The third-order valence-corrected chi connectivity index (χ3v) is 2.79. The lowest BCUT2D eigenvalue weighted by atomic mass is 10.3. The van der Waals surface area contributed by atoms with E-state index < -0.39 is 0 Å². The van der Waals surface area contributed by atoms with Crippen molar-refractivity contribution in [2.75, 3.05) is 5.73 Å². The van der Waals surface area contributed by atoms with Crippen LogP contribution in [0.15, 0.2) is 30.5 Å². The molecule has 0 aliphatic rings. The van der Waals surface area contributed by atoms with E-state index in [1.54, 1.807) is 12.1 Å². The highest BCUT2D eigenvalue weighted by Gasteiger charge is 2.08. The van der Waals surface area contributed by atoms with Gasteiger partial charge in [-0.05, 0) is 32.0 Å². The molecule has 0 aliphatic carbocycles. The first-order valence-electron chi connectivity index (χ1n) is 5.78. The predicted molar refractivity (Wildman–Crippen MR) is 72.8 cm³/mol. The van der Waals surface area contributed by atoms with Crippen molar-refractivity contribution in [3.63, 3.8) is 0 Å². The zero-order valence-electron chi connectivity index (χ0n) is 10.4. The summed E-state index contributed by atoms with van der Waals surface area (Å²) in [7, 11) is 0. The van der Waals surface area contributed by atoms with Gasteiger partial charge in [0.1, 0.15) is 12.4 Å². The predicted octanol–water partition coefficient (Wildman–Crippen LogP) is 3.28. The molecule has 0 radical (unpaired) electrons. The molecule has 96 valence electrons. The fraction of sp³-hybridized carbons (Fsp3) is 0.308. The van der Waals surface area contributed by atoms with Gasteiger partial charge in [-0.25, -0.2) is 4.98 Å². The second-order valence-electron chi connectivity index (χ2n) is 4.34. The third kappa shape index (κ3) is 2.96. The van der Waals surface area contributed by atoms with E-state index in [0.717, 1.165) is 11.4 Å². The van der Waals surface area contributed by atoms with Crippen LogP contribution in [0.25, 0.3) is 0 Å². The van der Waals surface area contributed by atoms with Crippen molar-refractivity contribution >= 4 is 17.5 Å². The molecule has 0 amide bonds. The van der Waals surface area contributed by atoms with E-state index in [2.05, 4.69) is 18.8 Å². The average molecular weight is 266 g/mol. The van der Waals surface area contributed by atoms with Gasteiger partial charge in [0.25, 0.3) is 0 Å². The Bertz CT molecular complexity index is 537. The minimum atomic E-state index is 0.289. The van der Waals surface area contributed by atoms with Crippen LogP contribution in [-0.4, -0.2) is 9.55 Å². The minimum absolute atomic E-state index is 0.289. The number of rotatable bonds is 4. The molecule has 0 atom stereocenters. The second kappa shape index (κ2) is 5.31. The molecular weight excluding hydrogens is 250 g/mol. The summed E-state index contributed by atoms with van der Waals surface area (Å²) in [5, 5.41) is 0.653. The smallest absolute Gasteiger partial charge is 0.200 e. The van der Waals surface area contributed by atoms with Crippen molar-refractivity contribution in [2.45, 2.75) is 26.5 Å². The van der Waals surface area contributed by atoms with E-state index in [4.69, 9.17) is 22.1 Å². The normalized spacial score (nSPS) is 10.9. The van der Waals surface area contributed by atoms with Crippen LogP contribution >= 0.6 is 11.6 Å². The summed E-state index contributed by atoms with van der Waals surface area (Å²) in [6.45, 7) is 4.49. The number of nitrogens with zero attached hydrogens (tertiary/aromatic N) is 2. The first-order valence-corrected chi connectivity index (χ1v) is 6.15. The minimum Gasteiger partial charge on any atom is -0.487 e. The van der Waals surface area contributed by atoms with E-state index in [0.29, 0.717) is 17.6 Å². The molecule has 0 saturated carbocycles. The molecular formula is C13H16ClN3O. The molecule has 4 nitrogen and oxygen atoms in total. The zero-order valence-corrected chi connectivity index (χ0v) is 11.2. The first kappa shape index (κ1) is 12.8. The molecule has 2 rings (SSSR count). The fourth-order valence-electron chi connectivity index (χ4n) is 1.66. The highest BCUT2D eigenvalue weighted by atomic mass is 35.5. The van der Waals surface area contributed by atoms with Crippen molar-refractivity contribution in [1.82, 2.24) is 9.55 Å². The molecule has 1 aromatic heterocycles. The van der Waals surface area contributed by atoms with E-state index >= 15 is 0 Å². The average Bonchev–Trinajstić information content (AvgIpc) is 2.68. The Hall–Kier alpha value is -1.68. The molecule has 0 aliphatic heterocycles. The van der Waals surface area contributed by atoms with E-state index in [1.807, 2.05) is 22.9 Å². The van der Waals surface area contributed by atoms with Crippen molar-refractivity contribution < 1.29 is 4.74 Å². The summed E-state index contributed by atoms with van der Waals surface area (Å²) in [5.74, 6) is 1.23. The number of benzene rings is 1. The maximum atomic E-state index is 5.88. The summed E-state index contributed by atoms with van der Waals surface area (Å²) < 4.78 is 7.52. The van der Waals surface area contributed by atoms with Gasteiger partial charge >= 0.3 is 0 Å². The van der Waals surface area contributed by atoms with Gasteiger partial charge in [-0.3, -0.25) is 0 Å². The topological polar surface area (TPSA) is 53.1 Å². The van der Waals surface area contributed by atoms with E-state index in [-0.39, 0.29) is 6.04 Å². The van der Waals surface area contributed by atoms with Crippen LogP contribution in [0.1, 0.15) is 25.6 Å². The fourth-order valence-corrected chi connectivity index (χ4v) is 1.84. The van der Waals surface area contributed by atoms with E-state index in [9.17, 15) is 0 Å². The molecule has 0 spiro atoms. The molecule has 5 heteroatoms. The number of ether oxygens (including phenoxy) is 1. The maximum Gasteiger partial charge on any atom is 0.200 e. The van der Waals surface area contributed by atoms with Crippen LogP contribution in [0.3, 0.4) is 0 Å². The molecule has 0 fully saturated rings. The second-order valence-corrected chi connectivity index (χ2v) is 4.77. The molecule has 18 heavy (non-hydrogen) atoms. The quantitative estimate of drug-likeness (QED) is 0.923. The number of aromatic nitrogens is 2. The Morgan fingerprint density at radius 3 is 2.83 bits per heavy atom. The third-order valence-electron chi connectivity index (χ3n) is 2.55. The molecule has 2 aromatic rings. The number of nitrogens with two attached hydrogens (primary N) is 1. The lowest BCUT2D eigenvalue weighted by molar-refractivity contribution is 0.302. The van der Waals surface area contributed by atoms with Gasteiger partial charge in [-0.2, -0.15) is 0 Å². The molecule has 0 saturated heterocycles. The van der Waals surface area contributed by atoms with Gasteiger partial charge in [0.2, 0.25) is 5.95 Å². The van der Waals surface area contributed by atoms with Crippen LogP contribution in [0, 0.1) is 0 Å². The summed E-state index contributed by atoms with van der Waals surface area (Å²) >= 11 is 5.88. The Morgan fingerprint density at radius 2 is 2.22 bits per heavy atom. The highest BCUT2D eigenvalue weighted by Crippen LogP contribution is 2.19. The van der Waals surface area contributed by atoms with Crippen LogP contribution in [-0.2, 0) is 6.61 Å². The van der Waals surface area contributed by atoms with Gasteiger partial charge < -0.3 is 15.0 Å². The SMILES string of the molecule is CC(C)n1cc(COc2cccc(Cl)c2)nc1N. The Labute approximate surface area is 111 Å². The number of anilines is 1. The van der Waals surface area contributed by atoms with Gasteiger partial charge in [0.15, 0.2) is 0 Å². The number of hydrogen-bond acceptors (Lipinski definition) is 3. The number of halogens is 1. The van der Waals surface area contributed by atoms with Crippen LogP contribution in [0.2, 0.25) is 5.02 Å². The Morgan fingerprint density at radius 1 is 1.44 bits per heavy atom. The zero-order chi connectivity index (χ0) is 13.1. The van der Waals surface area contributed by atoms with Gasteiger partial charge in [-0.1, -0.05) is 17.7 Å². The monoisotopic (exact) mass is 265 g/mol. The van der Waals surface area contributed by atoms with Gasteiger partial charge in [-0.15, -0.1) is 0 Å². The first-order chi connectivity index (χ1) is 8.56. The van der Waals surface area contributed by atoms with Crippen LogP contribution < -0.4 is 10.5 Å². The van der Waals surface area contributed by atoms with Gasteiger partial charge in [0, 0.05) is 17.3 Å². The summed E-state index contributed by atoms with van der Waals surface area (Å²) in [6.07, 6.45) is 1.91. The summed E-state index contributed by atoms with van der Waals surface area (Å²) in [5.41, 5.74) is 6.62. The molecule has 1 aromatic carbocycles. The number of hydrogen-bond donors (Lipinski definition) is 1. The lowest BCUT2D eigenvalue weighted by Crippen LogP contribution is -2.03. The molecule has 1 heterocycles. The standard InChI is InChI=1S/C13H16ClN3O/c1-9(2)17-7-11(16-13(17)15)8-18-12-5-3-4-10(14)6-12/h3-7,9H,8H2,1-2H3,(H2,15,16). The Kier molecular flexibility index (Phi) is 3.77. The number of imidazole rings is 1. The van der Waals surface area contributed by atoms with Crippen LogP contribution in [0.5, 0.6) is 5.75 Å². The molecule has 0 unspecified atom stereocenters. The number of nitrogen functional groups attached to an aromatic ring is 1. The van der Waals surface area contributed by atoms with Crippen molar-refractivity contribution in [3.8, 4) is 5.75 Å². The van der Waals surface area contributed by atoms with E-state index in [1.165, 1.54) is 0 Å². The van der Waals surface area contributed by atoms with Crippen LogP contribution in [0.4, 0.5) is 5.95 Å². The highest BCUT2D eigenvalue weighted by molar-refractivity contribution is 6.30. The largest absolute Gasteiger partial charge is 0.487 e. The van der Waals surface area contributed by atoms with Gasteiger partial charge in [0.05, 0.1) is 5.69 Å². The molecule has 0 bridgehead atoms. The molecule has 2 N–H and O–H groups in total. The summed E-state index contributed by atoms with van der Waals surface area (Å²) in [6, 6.07) is 7.56. The lowest BCUT2D eigenvalue weighted by Gasteiger charge is -2.07.